The van der Waals surface area contributed by atoms with Crippen molar-refractivity contribution in [3.63, 3.8) is 0 Å². The van der Waals surface area contributed by atoms with E-state index in [1.54, 1.807) is 14.2 Å². The van der Waals surface area contributed by atoms with Gasteiger partial charge in [-0.3, -0.25) is 4.99 Å². The summed E-state index contributed by atoms with van der Waals surface area (Å²) in [5, 5.41) is 8.95. The lowest BCUT2D eigenvalue weighted by molar-refractivity contribution is 0.0527. The lowest BCUT2D eigenvalue weighted by Gasteiger charge is -2.19. The van der Waals surface area contributed by atoms with Crippen LogP contribution in [0.1, 0.15) is 27.2 Å². The van der Waals surface area contributed by atoms with Crippen LogP contribution in [0, 0.1) is 0 Å². The van der Waals surface area contributed by atoms with Gasteiger partial charge in [-0.1, -0.05) is 0 Å². The number of carbonyl (C=O) groups excluding carboxylic acids is 1. The van der Waals surface area contributed by atoms with Gasteiger partial charge in [0.15, 0.2) is 5.96 Å². The maximum atomic E-state index is 11.4. The van der Waals surface area contributed by atoms with Crippen molar-refractivity contribution in [2.45, 2.75) is 32.8 Å². The number of nitrogens with one attached hydrogen (secondary N) is 3. The van der Waals surface area contributed by atoms with Crippen molar-refractivity contribution >= 4 is 12.1 Å². The van der Waals surface area contributed by atoms with Crippen LogP contribution < -0.4 is 16.0 Å². The molecule has 3 N–H and O–H groups in total. The minimum Gasteiger partial charge on any atom is -0.444 e. The molecule has 20 heavy (non-hydrogen) atoms. The third-order valence-electron chi connectivity index (χ3n) is 2.14. The summed E-state index contributed by atoms with van der Waals surface area (Å²) in [6.45, 7) is 8.10. The Morgan fingerprint density at radius 1 is 1.10 bits per heavy atom. The van der Waals surface area contributed by atoms with E-state index in [0.29, 0.717) is 26.2 Å². The molecule has 0 aliphatic rings. The predicted molar refractivity (Wildman–Crippen MR) is 80.1 cm³/mol. The Labute approximate surface area is 121 Å². The number of hydrogen-bond acceptors (Lipinski definition) is 4. The van der Waals surface area contributed by atoms with Gasteiger partial charge in [0.1, 0.15) is 5.60 Å². The Kier molecular flexibility index (Phi) is 9.53. The fourth-order valence-electron chi connectivity index (χ4n) is 1.29. The summed E-state index contributed by atoms with van der Waals surface area (Å²) in [6.07, 6.45) is 0.393. The molecule has 0 aromatic carbocycles. The standard InChI is InChI=1S/C13H28N4O3/c1-13(2,3)20-12(18)17-8-6-7-15-11(14-4)16-9-10-19-5/h6-10H2,1-5H3,(H,17,18)(H2,14,15,16). The van der Waals surface area contributed by atoms with Gasteiger partial charge in [0.05, 0.1) is 6.61 Å². The molecule has 0 rings (SSSR count). The summed E-state index contributed by atoms with van der Waals surface area (Å²) in [7, 11) is 3.36. The Hall–Kier alpha value is -1.50. The number of ether oxygens (including phenoxy) is 2. The van der Waals surface area contributed by atoms with Gasteiger partial charge in [0.2, 0.25) is 0 Å². The van der Waals surface area contributed by atoms with Gasteiger partial charge in [-0.05, 0) is 27.2 Å². The number of methoxy groups -OCH3 is 1. The molecule has 0 fully saturated rings. The predicted octanol–water partition coefficient (Wildman–Crippen LogP) is 0.713. The van der Waals surface area contributed by atoms with Gasteiger partial charge in [0.25, 0.3) is 0 Å². The summed E-state index contributed by atoms with van der Waals surface area (Å²) < 4.78 is 10.1. The van der Waals surface area contributed by atoms with Crippen LogP contribution in [0.2, 0.25) is 0 Å². The van der Waals surface area contributed by atoms with E-state index in [1.807, 2.05) is 20.8 Å². The van der Waals surface area contributed by atoms with Crippen LogP contribution in [-0.4, -0.2) is 58.1 Å². The van der Waals surface area contributed by atoms with Crippen molar-refractivity contribution in [3.05, 3.63) is 0 Å². The number of aliphatic imine (C=N–C) groups is 1. The molecule has 1 amide bonds. The van der Waals surface area contributed by atoms with E-state index in [9.17, 15) is 4.79 Å². The second kappa shape index (κ2) is 10.3. The van der Waals surface area contributed by atoms with Crippen LogP contribution >= 0.6 is 0 Å². The second-order valence-electron chi connectivity index (χ2n) is 5.20. The molecule has 0 unspecified atom stereocenters. The van der Waals surface area contributed by atoms with Crippen molar-refractivity contribution in [2.75, 3.05) is 40.4 Å². The Morgan fingerprint density at radius 3 is 2.25 bits per heavy atom. The number of hydrogen-bond donors (Lipinski definition) is 3. The summed E-state index contributed by atoms with van der Waals surface area (Å²) in [6, 6.07) is 0. The first-order valence-corrected chi connectivity index (χ1v) is 6.79. The van der Waals surface area contributed by atoms with Crippen molar-refractivity contribution < 1.29 is 14.3 Å². The largest absolute Gasteiger partial charge is 0.444 e. The van der Waals surface area contributed by atoms with Crippen LogP contribution in [0.3, 0.4) is 0 Å². The first-order valence-electron chi connectivity index (χ1n) is 6.79. The minimum absolute atomic E-state index is 0.389. The molecule has 0 spiro atoms. The monoisotopic (exact) mass is 288 g/mol. The van der Waals surface area contributed by atoms with E-state index in [4.69, 9.17) is 9.47 Å². The van der Waals surface area contributed by atoms with Crippen molar-refractivity contribution in [1.82, 2.24) is 16.0 Å². The zero-order valence-corrected chi connectivity index (χ0v) is 13.2. The lowest BCUT2D eigenvalue weighted by Crippen LogP contribution is -2.40. The molecule has 0 aromatic heterocycles. The van der Waals surface area contributed by atoms with Crippen LogP contribution in [0.15, 0.2) is 4.99 Å². The van der Waals surface area contributed by atoms with Gasteiger partial charge >= 0.3 is 6.09 Å². The molecule has 0 saturated carbocycles. The highest BCUT2D eigenvalue weighted by Gasteiger charge is 2.15. The van der Waals surface area contributed by atoms with Crippen LogP contribution in [-0.2, 0) is 9.47 Å². The third kappa shape index (κ3) is 11.6. The number of carbonyl (C=O) groups is 1. The maximum Gasteiger partial charge on any atom is 0.407 e. The summed E-state index contributed by atoms with van der Waals surface area (Å²) >= 11 is 0. The van der Waals surface area contributed by atoms with Crippen molar-refractivity contribution in [3.8, 4) is 0 Å². The average Bonchev–Trinajstić information content (AvgIpc) is 2.34. The first kappa shape index (κ1) is 18.5. The molecule has 0 saturated heterocycles. The molecule has 0 radical (unpaired) electrons. The average molecular weight is 288 g/mol. The number of amides is 1. The molecular formula is C13H28N4O3. The summed E-state index contributed by atoms with van der Waals surface area (Å²) in [5.41, 5.74) is -0.463. The Balaban J connectivity index is 3.62. The van der Waals surface area contributed by atoms with Crippen LogP contribution in [0.25, 0.3) is 0 Å². The highest BCUT2D eigenvalue weighted by Crippen LogP contribution is 2.06. The molecule has 0 aliphatic heterocycles. The highest BCUT2D eigenvalue weighted by atomic mass is 16.6. The Bertz CT molecular complexity index is 300. The van der Waals surface area contributed by atoms with E-state index >= 15 is 0 Å². The molecule has 118 valence electrons. The number of alkyl carbamates (subject to hydrolysis) is 1. The molecule has 0 aliphatic carbocycles. The molecule has 0 atom stereocenters. The number of guanidine groups is 1. The normalized spacial score (nSPS) is 11.9. The number of nitrogens with zero attached hydrogens (tertiary/aromatic N) is 1. The zero-order valence-electron chi connectivity index (χ0n) is 13.2. The molecule has 0 heterocycles. The van der Waals surface area contributed by atoms with E-state index in [1.165, 1.54) is 0 Å². The van der Waals surface area contributed by atoms with Gasteiger partial charge < -0.3 is 25.4 Å². The molecule has 7 nitrogen and oxygen atoms in total. The third-order valence-corrected chi connectivity index (χ3v) is 2.14. The smallest absolute Gasteiger partial charge is 0.407 e. The van der Waals surface area contributed by atoms with Crippen LogP contribution in [0.5, 0.6) is 0 Å². The van der Waals surface area contributed by atoms with Crippen molar-refractivity contribution in [1.29, 1.82) is 0 Å². The Morgan fingerprint density at radius 2 is 1.70 bits per heavy atom. The topological polar surface area (TPSA) is 84.0 Å². The van der Waals surface area contributed by atoms with E-state index in [0.717, 1.165) is 12.4 Å². The summed E-state index contributed by atoms with van der Waals surface area (Å²) in [5.74, 6) is 0.722. The van der Waals surface area contributed by atoms with Gasteiger partial charge in [-0.2, -0.15) is 0 Å². The molecular weight excluding hydrogens is 260 g/mol. The second-order valence-corrected chi connectivity index (χ2v) is 5.20. The van der Waals surface area contributed by atoms with Crippen molar-refractivity contribution in [2.24, 2.45) is 4.99 Å². The van der Waals surface area contributed by atoms with Gasteiger partial charge in [0, 0.05) is 33.8 Å². The molecule has 0 aromatic rings. The van der Waals surface area contributed by atoms with E-state index in [2.05, 4.69) is 20.9 Å². The first-order chi connectivity index (χ1) is 9.39. The van der Waals surface area contributed by atoms with Gasteiger partial charge in [-0.25, -0.2) is 4.79 Å². The quantitative estimate of drug-likeness (QED) is 0.365. The number of rotatable bonds is 7. The van der Waals surface area contributed by atoms with Crippen LogP contribution in [0.4, 0.5) is 4.79 Å². The van der Waals surface area contributed by atoms with E-state index in [-0.39, 0.29) is 6.09 Å². The minimum atomic E-state index is -0.463. The SMILES string of the molecule is CN=C(NCCCNC(=O)OC(C)(C)C)NCCOC. The molecule has 7 heteroatoms. The lowest BCUT2D eigenvalue weighted by atomic mass is 10.2. The highest BCUT2D eigenvalue weighted by molar-refractivity contribution is 5.79. The molecule has 0 bridgehead atoms. The summed E-state index contributed by atoms with van der Waals surface area (Å²) in [4.78, 5) is 15.5. The maximum absolute atomic E-state index is 11.4. The zero-order chi connectivity index (χ0) is 15.4. The fraction of sp³-hybridized carbons (Fsp3) is 0.846. The van der Waals surface area contributed by atoms with Gasteiger partial charge in [-0.15, -0.1) is 0 Å². The fourth-order valence-corrected chi connectivity index (χ4v) is 1.29. The van der Waals surface area contributed by atoms with E-state index < -0.39 is 5.60 Å².